The SMILES string of the molecule is Cc1cccc(C)c1OCC(=O)c1ccc(Cl)s1. The van der Waals surface area contributed by atoms with Gasteiger partial charge < -0.3 is 4.74 Å². The summed E-state index contributed by atoms with van der Waals surface area (Å²) in [6.07, 6.45) is 0. The van der Waals surface area contributed by atoms with E-state index < -0.39 is 0 Å². The van der Waals surface area contributed by atoms with Crippen LogP contribution < -0.4 is 4.74 Å². The van der Waals surface area contributed by atoms with Crippen molar-refractivity contribution < 1.29 is 9.53 Å². The highest BCUT2D eigenvalue weighted by Gasteiger charge is 2.11. The molecule has 0 atom stereocenters. The molecule has 0 saturated carbocycles. The molecule has 0 unspecified atom stereocenters. The minimum absolute atomic E-state index is 0.0442. The second-order valence-corrected chi connectivity index (χ2v) is 5.75. The number of aryl methyl sites for hydroxylation is 2. The monoisotopic (exact) mass is 280 g/mol. The number of hydrogen-bond donors (Lipinski definition) is 0. The van der Waals surface area contributed by atoms with Gasteiger partial charge in [0.2, 0.25) is 5.78 Å². The first-order valence-electron chi connectivity index (χ1n) is 5.55. The van der Waals surface area contributed by atoms with E-state index in [4.69, 9.17) is 16.3 Å². The van der Waals surface area contributed by atoms with E-state index in [0.29, 0.717) is 9.21 Å². The summed E-state index contributed by atoms with van der Waals surface area (Å²) < 4.78 is 6.22. The molecule has 2 rings (SSSR count). The molecule has 18 heavy (non-hydrogen) atoms. The Morgan fingerprint density at radius 3 is 2.44 bits per heavy atom. The third-order valence-electron chi connectivity index (χ3n) is 2.60. The van der Waals surface area contributed by atoms with Gasteiger partial charge in [-0.25, -0.2) is 0 Å². The van der Waals surface area contributed by atoms with Gasteiger partial charge in [-0.3, -0.25) is 4.79 Å². The van der Waals surface area contributed by atoms with Crippen LogP contribution in [0.5, 0.6) is 5.75 Å². The van der Waals surface area contributed by atoms with Crippen molar-refractivity contribution in [2.45, 2.75) is 13.8 Å². The fourth-order valence-corrected chi connectivity index (χ4v) is 2.67. The number of hydrogen-bond acceptors (Lipinski definition) is 3. The van der Waals surface area contributed by atoms with Crippen molar-refractivity contribution in [3.8, 4) is 5.75 Å². The van der Waals surface area contributed by atoms with Gasteiger partial charge in [-0.1, -0.05) is 29.8 Å². The van der Waals surface area contributed by atoms with Crippen LogP contribution in [0.15, 0.2) is 30.3 Å². The van der Waals surface area contributed by atoms with Crippen molar-refractivity contribution in [1.82, 2.24) is 0 Å². The summed E-state index contributed by atoms with van der Waals surface area (Å²) in [4.78, 5) is 12.5. The van der Waals surface area contributed by atoms with Gasteiger partial charge in [0.25, 0.3) is 0 Å². The smallest absolute Gasteiger partial charge is 0.210 e. The largest absolute Gasteiger partial charge is 0.485 e. The van der Waals surface area contributed by atoms with Gasteiger partial charge in [0.05, 0.1) is 9.21 Å². The third kappa shape index (κ3) is 2.92. The molecule has 0 radical (unpaired) electrons. The van der Waals surface area contributed by atoms with Gasteiger partial charge in [-0.15, -0.1) is 11.3 Å². The second kappa shape index (κ2) is 5.55. The summed E-state index contributed by atoms with van der Waals surface area (Å²) >= 11 is 7.07. The Kier molecular flexibility index (Phi) is 4.04. The van der Waals surface area contributed by atoms with Gasteiger partial charge >= 0.3 is 0 Å². The number of rotatable bonds is 4. The van der Waals surface area contributed by atoms with Crippen molar-refractivity contribution >= 4 is 28.7 Å². The Labute approximate surface area is 115 Å². The maximum atomic E-state index is 11.9. The lowest BCUT2D eigenvalue weighted by molar-refractivity contribution is 0.0925. The van der Waals surface area contributed by atoms with Gasteiger partial charge in [-0.05, 0) is 37.1 Å². The molecule has 0 aliphatic heterocycles. The second-order valence-electron chi connectivity index (χ2n) is 4.04. The number of carbonyl (C=O) groups excluding carboxylic acids is 1. The third-order valence-corrected chi connectivity index (χ3v) is 3.88. The normalized spacial score (nSPS) is 10.4. The standard InChI is InChI=1S/C14H13ClO2S/c1-9-4-3-5-10(2)14(9)17-8-11(16)12-6-7-13(15)18-12/h3-7H,8H2,1-2H3. The maximum Gasteiger partial charge on any atom is 0.210 e. The van der Waals surface area contributed by atoms with Gasteiger partial charge in [0, 0.05) is 0 Å². The van der Waals surface area contributed by atoms with Crippen LogP contribution in [0.25, 0.3) is 0 Å². The zero-order valence-electron chi connectivity index (χ0n) is 10.2. The van der Waals surface area contributed by atoms with Crippen LogP contribution in [-0.2, 0) is 0 Å². The van der Waals surface area contributed by atoms with Crippen LogP contribution in [0.3, 0.4) is 0 Å². The summed E-state index contributed by atoms with van der Waals surface area (Å²) in [7, 11) is 0. The Bertz CT molecular complexity index is 555. The van der Waals surface area contributed by atoms with E-state index in [-0.39, 0.29) is 12.4 Å². The highest BCUT2D eigenvalue weighted by molar-refractivity contribution is 7.18. The van der Waals surface area contributed by atoms with Crippen LogP contribution in [-0.4, -0.2) is 12.4 Å². The maximum absolute atomic E-state index is 11.9. The molecule has 1 heterocycles. The first kappa shape index (κ1) is 13.1. The molecule has 0 bridgehead atoms. The molecule has 0 N–H and O–H groups in total. The molecular formula is C14H13ClO2S. The molecule has 1 aromatic carbocycles. The predicted molar refractivity (Wildman–Crippen MR) is 75.1 cm³/mol. The zero-order chi connectivity index (χ0) is 13.1. The average Bonchev–Trinajstić information content (AvgIpc) is 2.75. The molecule has 0 spiro atoms. The number of ether oxygens (including phenoxy) is 1. The summed E-state index contributed by atoms with van der Waals surface area (Å²) in [5.74, 6) is 0.739. The summed E-state index contributed by atoms with van der Waals surface area (Å²) in [5, 5.41) is 0. The molecule has 2 aromatic rings. The molecule has 94 valence electrons. The van der Waals surface area contributed by atoms with Crippen LogP contribution in [0, 0.1) is 13.8 Å². The Balaban J connectivity index is 2.06. The van der Waals surface area contributed by atoms with Crippen LogP contribution in [0.2, 0.25) is 4.34 Å². The number of thiophene rings is 1. The molecule has 2 nitrogen and oxygen atoms in total. The topological polar surface area (TPSA) is 26.3 Å². The first-order chi connectivity index (χ1) is 8.58. The van der Waals surface area contributed by atoms with Gasteiger partial charge in [0.1, 0.15) is 5.75 Å². The quantitative estimate of drug-likeness (QED) is 0.782. The van der Waals surface area contributed by atoms with E-state index in [2.05, 4.69) is 0 Å². The van der Waals surface area contributed by atoms with Crippen molar-refractivity contribution in [3.05, 3.63) is 50.7 Å². The Hall–Kier alpha value is -1.32. The Morgan fingerprint density at radius 2 is 1.89 bits per heavy atom. The zero-order valence-corrected chi connectivity index (χ0v) is 11.8. The highest BCUT2D eigenvalue weighted by Crippen LogP contribution is 2.24. The van der Waals surface area contributed by atoms with E-state index in [0.717, 1.165) is 16.9 Å². The van der Waals surface area contributed by atoms with Gasteiger partial charge in [0.15, 0.2) is 6.61 Å². The summed E-state index contributed by atoms with van der Waals surface area (Å²) in [5.41, 5.74) is 2.07. The molecule has 1 aromatic heterocycles. The van der Waals surface area contributed by atoms with Crippen LogP contribution in [0.1, 0.15) is 20.8 Å². The Morgan fingerprint density at radius 1 is 1.22 bits per heavy atom. The van der Waals surface area contributed by atoms with E-state index in [9.17, 15) is 4.79 Å². The number of para-hydroxylation sites is 1. The summed E-state index contributed by atoms with van der Waals surface area (Å²) in [6.45, 7) is 3.98. The minimum Gasteiger partial charge on any atom is -0.485 e. The van der Waals surface area contributed by atoms with Crippen molar-refractivity contribution in [1.29, 1.82) is 0 Å². The van der Waals surface area contributed by atoms with E-state index in [1.807, 2.05) is 32.0 Å². The fourth-order valence-electron chi connectivity index (χ4n) is 1.70. The number of carbonyl (C=O) groups is 1. The lowest BCUT2D eigenvalue weighted by Gasteiger charge is -2.10. The lowest BCUT2D eigenvalue weighted by Crippen LogP contribution is -2.11. The number of halogens is 1. The van der Waals surface area contributed by atoms with E-state index in [1.165, 1.54) is 11.3 Å². The summed E-state index contributed by atoms with van der Waals surface area (Å²) in [6, 6.07) is 9.35. The van der Waals surface area contributed by atoms with Crippen LogP contribution >= 0.6 is 22.9 Å². The van der Waals surface area contributed by atoms with Crippen molar-refractivity contribution in [2.24, 2.45) is 0 Å². The molecular weight excluding hydrogens is 268 g/mol. The van der Waals surface area contributed by atoms with E-state index in [1.54, 1.807) is 12.1 Å². The molecule has 0 aliphatic rings. The van der Waals surface area contributed by atoms with E-state index >= 15 is 0 Å². The highest BCUT2D eigenvalue weighted by atomic mass is 35.5. The molecule has 0 saturated heterocycles. The number of benzene rings is 1. The van der Waals surface area contributed by atoms with Gasteiger partial charge in [-0.2, -0.15) is 0 Å². The predicted octanol–water partition coefficient (Wildman–Crippen LogP) is 4.28. The average molecular weight is 281 g/mol. The van der Waals surface area contributed by atoms with Crippen molar-refractivity contribution in [2.75, 3.05) is 6.61 Å². The molecule has 0 fully saturated rings. The molecule has 0 amide bonds. The molecule has 0 aliphatic carbocycles. The number of Topliss-reactive ketones (excluding diaryl/α,β-unsaturated/α-hetero) is 1. The fraction of sp³-hybridized carbons (Fsp3) is 0.214. The van der Waals surface area contributed by atoms with Crippen LogP contribution in [0.4, 0.5) is 0 Å². The minimum atomic E-state index is -0.0467. The number of ketones is 1. The lowest BCUT2D eigenvalue weighted by atomic mass is 10.1. The molecule has 4 heteroatoms. The first-order valence-corrected chi connectivity index (χ1v) is 6.75. The van der Waals surface area contributed by atoms with Crippen molar-refractivity contribution in [3.63, 3.8) is 0 Å².